The topological polar surface area (TPSA) is 82.3 Å². The van der Waals surface area contributed by atoms with E-state index in [1.54, 1.807) is 21.6 Å². The van der Waals surface area contributed by atoms with Crippen molar-refractivity contribution in [3.63, 3.8) is 0 Å². The summed E-state index contributed by atoms with van der Waals surface area (Å²) in [6.07, 6.45) is 0. The van der Waals surface area contributed by atoms with Crippen molar-refractivity contribution < 1.29 is 9.59 Å². The van der Waals surface area contributed by atoms with Gasteiger partial charge in [-0.2, -0.15) is 0 Å². The van der Waals surface area contributed by atoms with Gasteiger partial charge in [-0.3, -0.25) is 0 Å². The predicted octanol–water partition coefficient (Wildman–Crippen LogP) is 5.54. The second-order valence-electron chi connectivity index (χ2n) is 5.42. The Morgan fingerprint density at radius 2 is 1.04 bits per heavy atom. The second kappa shape index (κ2) is 13.0. The summed E-state index contributed by atoms with van der Waals surface area (Å²) in [6, 6.07) is 14.3. The van der Waals surface area contributed by atoms with Crippen molar-refractivity contribution >= 4 is 76.9 Å². The van der Waals surface area contributed by atoms with Crippen LogP contribution in [0.15, 0.2) is 57.5 Å². The van der Waals surface area contributed by atoms with Gasteiger partial charge < -0.3 is 21.3 Å². The maximum absolute atomic E-state index is 11.8. The lowest BCUT2D eigenvalue weighted by Gasteiger charge is -2.08. The molecule has 0 aliphatic heterocycles. The summed E-state index contributed by atoms with van der Waals surface area (Å²) in [7, 11) is 3.30. The van der Waals surface area contributed by atoms with E-state index in [1.807, 2.05) is 48.5 Å². The highest BCUT2D eigenvalue weighted by atomic mass is 79.9. The molecule has 150 valence electrons. The standard InChI is InChI=1S/C18H20Br2N4O2S2/c19-13-1-5-15(6-2-13)23-17(25)21-9-11-27-28-12-10-22-18(26)24-16-7-3-14(20)4-8-16/h1-8H,9-12H2,(H2,21,23,25)(H2,22,24,26). The van der Waals surface area contributed by atoms with Crippen LogP contribution in [0.1, 0.15) is 0 Å². The summed E-state index contributed by atoms with van der Waals surface area (Å²) in [4.78, 5) is 23.5. The average Bonchev–Trinajstić information content (AvgIpc) is 2.67. The third kappa shape index (κ3) is 9.72. The number of anilines is 2. The zero-order valence-corrected chi connectivity index (χ0v) is 19.6. The van der Waals surface area contributed by atoms with Crippen molar-refractivity contribution in [2.45, 2.75) is 0 Å². The smallest absolute Gasteiger partial charge is 0.319 e. The van der Waals surface area contributed by atoms with E-state index >= 15 is 0 Å². The van der Waals surface area contributed by atoms with Crippen molar-refractivity contribution in [2.75, 3.05) is 35.2 Å². The number of halogens is 2. The van der Waals surface area contributed by atoms with Gasteiger partial charge in [0, 0.05) is 44.9 Å². The van der Waals surface area contributed by atoms with Gasteiger partial charge in [0.25, 0.3) is 0 Å². The number of urea groups is 2. The molecule has 4 N–H and O–H groups in total. The molecule has 0 radical (unpaired) electrons. The van der Waals surface area contributed by atoms with Crippen LogP contribution in [0.2, 0.25) is 0 Å². The number of carbonyl (C=O) groups is 2. The first-order chi connectivity index (χ1) is 13.5. The van der Waals surface area contributed by atoms with Crippen molar-refractivity contribution in [1.29, 1.82) is 0 Å². The molecular formula is C18H20Br2N4O2S2. The molecule has 2 aromatic carbocycles. The highest BCUT2D eigenvalue weighted by molar-refractivity contribution is 9.10. The second-order valence-corrected chi connectivity index (χ2v) is 9.95. The molecule has 4 amide bonds. The molecule has 10 heteroatoms. The molecule has 0 bridgehead atoms. The normalized spacial score (nSPS) is 10.2. The quantitative estimate of drug-likeness (QED) is 0.245. The summed E-state index contributed by atoms with van der Waals surface area (Å²) < 4.78 is 1.93. The van der Waals surface area contributed by atoms with Crippen LogP contribution in [0, 0.1) is 0 Å². The van der Waals surface area contributed by atoms with Crippen molar-refractivity contribution in [3.05, 3.63) is 57.5 Å². The van der Waals surface area contributed by atoms with Gasteiger partial charge in [-0.15, -0.1) is 0 Å². The maximum atomic E-state index is 11.8. The average molecular weight is 548 g/mol. The van der Waals surface area contributed by atoms with Crippen LogP contribution < -0.4 is 21.3 Å². The zero-order chi connectivity index (χ0) is 20.2. The largest absolute Gasteiger partial charge is 0.337 e. The first kappa shape index (κ1) is 22.9. The molecule has 0 saturated carbocycles. The third-order valence-corrected chi connectivity index (χ3v) is 6.69. The van der Waals surface area contributed by atoms with E-state index in [0.29, 0.717) is 13.1 Å². The van der Waals surface area contributed by atoms with Crippen molar-refractivity contribution in [1.82, 2.24) is 10.6 Å². The van der Waals surface area contributed by atoms with Gasteiger partial charge in [-0.05, 0) is 48.5 Å². The summed E-state index contributed by atoms with van der Waals surface area (Å²) in [5.74, 6) is 1.56. The molecule has 0 aromatic heterocycles. The van der Waals surface area contributed by atoms with E-state index in [2.05, 4.69) is 53.1 Å². The van der Waals surface area contributed by atoms with Gasteiger partial charge in [0.1, 0.15) is 0 Å². The Hall–Kier alpha value is -1.36. The molecule has 28 heavy (non-hydrogen) atoms. The van der Waals surface area contributed by atoms with E-state index in [0.717, 1.165) is 31.8 Å². The van der Waals surface area contributed by atoms with E-state index < -0.39 is 0 Å². The van der Waals surface area contributed by atoms with E-state index in [9.17, 15) is 9.59 Å². The Labute approximate surface area is 189 Å². The number of hydrogen-bond donors (Lipinski definition) is 4. The molecule has 2 rings (SSSR count). The zero-order valence-electron chi connectivity index (χ0n) is 14.8. The number of hydrogen-bond acceptors (Lipinski definition) is 4. The Balaban J connectivity index is 1.45. The van der Waals surface area contributed by atoms with E-state index in [4.69, 9.17) is 0 Å². The van der Waals surface area contributed by atoms with Gasteiger partial charge in [-0.1, -0.05) is 53.4 Å². The molecule has 0 heterocycles. The van der Waals surface area contributed by atoms with Crippen LogP contribution >= 0.6 is 53.4 Å². The molecule has 0 aliphatic carbocycles. The van der Waals surface area contributed by atoms with Crippen LogP contribution in [0.25, 0.3) is 0 Å². The van der Waals surface area contributed by atoms with Crippen LogP contribution in [0.4, 0.5) is 21.0 Å². The Morgan fingerprint density at radius 3 is 1.39 bits per heavy atom. The Kier molecular flexibility index (Phi) is 10.6. The summed E-state index contributed by atoms with van der Waals surface area (Å²) in [6.45, 7) is 1.13. The van der Waals surface area contributed by atoms with Gasteiger partial charge in [0.2, 0.25) is 0 Å². The number of nitrogens with one attached hydrogen (secondary N) is 4. The fraction of sp³-hybridized carbons (Fsp3) is 0.222. The van der Waals surface area contributed by atoms with Crippen LogP contribution in [0.3, 0.4) is 0 Å². The Bertz CT molecular complexity index is 696. The number of carbonyl (C=O) groups excluding carboxylic acids is 2. The van der Waals surface area contributed by atoms with E-state index in [-0.39, 0.29) is 12.1 Å². The Morgan fingerprint density at radius 1 is 0.679 bits per heavy atom. The first-order valence-corrected chi connectivity index (χ1v) is 12.5. The highest BCUT2D eigenvalue weighted by Gasteiger charge is 2.02. The molecular weight excluding hydrogens is 528 g/mol. The van der Waals surface area contributed by atoms with Gasteiger partial charge in [0.05, 0.1) is 0 Å². The SMILES string of the molecule is O=C(NCCSSCCNC(=O)Nc1ccc(Br)cc1)Nc1ccc(Br)cc1. The minimum atomic E-state index is -0.223. The fourth-order valence-electron chi connectivity index (χ4n) is 1.95. The fourth-order valence-corrected chi connectivity index (χ4v) is 4.29. The molecule has 0 aliphatic rings. The highest BCUT2D eigenvalue weighted by Crippen LogP contribution is 2.19. The molecule has 6 nitrogen and oxygen atoms in total. The summed E-state index contributed by atoms with van der Waals surface area (Å²) in [5.41, 5.74) is 1.49. The first-order valence-electron chi connectivity index (χ1n) is 8.38. The van der Waals surface area contributed by atoms with E-state index in [1.165, 1.54) is 0 Å². The lowest BCUT2D eigenvalue weighted by atomic mass is 10.3. The number of rotatable bonds is 9. The maximum Gasteiger partial charge on any atom is 0.319 e. The number of amides is 4. The summed E-state index contributed by atoms with van der Waals surface area (Å²) >= 11 is 6.70. The number of benzene rings is 2. The molecule has 0 spiro atoms. The predicted molar refractivity (Wildman–Crippen MR) is 127 cm³/mol. The molecule has 0 saturated heterocycles. The van der Waals surface area contributed by atoms with Crippen molar-refractivity contribution in [2.24, 2.45) is 0 Å². The van der Waals surface area contributed by atoms with Crippen LogP contribution in [-0.2, 0) is 0 Å². The van der Waals surface area contributed by atoms with Gasteiger partial charge >= 0.3 is 12.1 Å². The summed E-state index contributed by atoms with van der Waals surface area (Å²) in [5, 5.41) is 11.2. The monoisotopic (exact) mass is 546 g/mol. The van der Waals surface area contributed by atoms with Crippen LogP contribution in [-0.4, -0.2) is 36.7 Å². The third-order valence-electron chi connectivity index (χ3n) is 3.23. The lowest BCUT2D eigenvalue weighted by Crippen LogP contribution is -2.30. The van der Waals surface area contributed by atoms with Gasteiger partial charge in [-0.25, -0.2) is 9.59 Å². The van der Waals surface area contributed by atoms with Crippen LogP contribution in [0.5, 0.6) is 0 Å². The van der Waals surface area contributed by atoms with Gasteiger partial charge in [0.15, 0.2) is 0 Å². The molecule has 0 fully saturated rings. The molecule has 2 aromatic rings. The van der Waals surface area contributed by atoms with Crippen molar-refractivity contribution in [3.8, 4) is 0 Å². The molecule has 0 unspecified atom stereocenters. The minimum Gasteiger partial charge on any atom is -0.337 e. The lowest BCUT2D eigenvalue weighted by molar-refractivity contribution is 0.252. The minimum absolute atomic E-state index is 0.223. The molecule has 0 atom stereocenters.